The van der Waals surface area contributed by atoms with Gasteiger partial charge in [0.1, 0.15) is 31.2 Å². The third kappa shape index (κ3) is 15.2. The first-order valence-corrected chi connectivity index (χ1v) is 24.9. The van der Waals surface area contributed by atoms with Gasteiger partial charge in [-0.05, 0) is 59.3 Å². The Balaban J connectivity index is 1.38. The number of nitrogens with zero attached hydrogens (tertiary/aromatic N) is 4. The zero-order chi connectivity index (χ0) is 55.1. The van der Waals surface area contributed by atoms with Crippen LogP contribution in [0.3, 0.4) is 0 Å². The van der Waals surface area contributed by atoms with Gasteiger partial charge in [0, 0.05) is 68.3 Å². The molecule has 0 saturated carbocycles. The van der Waals surface area contributed by atoms with Gasteiger partial charge in [-0.3, -0.25) is 43.3 Å². The van der Waals surface area contributed by atoms with Gasteiger partial charge in [0.15, 0.2) is 5.70 Å². The zero-order valence-electron chi connectivity index (χ0n) is 42.1. The molecule has 4 aromatic rings. The molecule has 0 atom stereocenters. The molecule has 2 aliphatic heterocycles. The minimum Gasteiger partial charge on any atom is -0.489 e. The first kappa shape index (κ1) is 57.5. The van der Waals surface area contributed by atoms with E-state index >= 15 is 8.63 Å². The summed E-state index contributed by atoms with van der Waals surface area (Å²) in [5.41, 5.74) is 3.01. The van der Waals surface area contributed by atoms with Crippen molar-refractivity contribution in [3.8, 4) is 16.2 Å². The molecule has 0 amide bonds. The molecule has 0 fully saturated rings. The number of ether oxygens (including phenoxy) is 10. The molecule has 0 saturated heterocycles. The van der Waals surface area contributed by atoms with Crippen molar-refractivity contribution in [1.29, 1.82) is 0 Å². The van der Waals surface area contributed by atoms with Gasteiger partial charge in [0.05, 0.1) is 43.1 Å². The van der Waals surface area contributed by atoms with Crippen LogP contribution >= 0.6 is 22.7 Å². The van der Waals surface area contributed by atoms with Crippen LogP contribution < -0.4 is 9.64 Å². The summed E-state index contributed by atoms with van der Waals surface area (Å²) in [7, 11) is 0. The molecular formula is C49H53BF2N4O18S2. The normalized spacial score (nSPS) is 13.2. The number of halogens is 2. The highest BCUT2D eigenvalue weighted by molar-refractivity contribution is 7.13. The van der Waals surface area contributed by atoms with Crippen molar-refractivity contribution in [1.82, 2.24) is 9.38 Å². The molecule has 76 heavy (non-hydrogen) atoms. The lowest BCUT2D eigenvalue weighted by Gasteiger charge is -2.34. The molecule has 0 N–H and O–H groups in total. The van der Waals surface area contributed by atoms with E-state index in [9.17, 15) is 38.4 Å². The summed E-state index contributed by atoms with van der Waals surface area (Å²) < 4.78 is 88.1. The number of carbonyl (C=O) groups is 8. The number of hydrogen-bond donors (Lipinski definition) is 0. The molecule has 0 aliphatic carbocycles. The van der Waals surface area contributed by atoms with Gasteiger partial charge < -0.3 is 69.9 Å². The number of benzene rings is 1. The van der Waals surface area contributed by atoms with Gasteiger partial charge in [0.2, 0.25) is 27.2 Å². The summed E-state index contributed by atoms with van der Waals surface area (Å²) in [6.07, 6.45) is 1.72. The Morgan fingerprint density at radius 1 is 0.632 bits per heavy atom. The number of hydrogen-bond acceptors (Lipinski definition) is 22. The van der Waals surface area contributed by atoms with Crippen LogP contribution in [0.4, 0.5) is 14.3 Å². The Labute approximate surface area is 441 Å². The van der Waals surface area contributed by atoms with E-state index in [1.807, 2.05) is 35.0 Å². The standard InChI is InChI=1S/C49H53BF2N4O18S2/c1-30-19-37(41-9-7-17-75-41)48-47(49-38(42-10-8-18-76-42)20-31(2)56(49)50(51,52)55(30)48)36-11-12-39(54(24-45(63)73-28-69-34(5)59)25-46(64)74-29-70-35(6)60)40(21-36)66-16-15-65-14-13-53(22-43(61)71-26-67-32(3)57)23-44(62)72-27-68-33(4)58/h7-12,17-21H,13-16,22-29H2,1-6H3. The summed E-state index contributed by atoms with van der Waals surface area (Å²) in [6.45, 7) is -2.55. The maximum atomic E-state index is 17.4. The lowest BCUT2D eigenvalue weighted by molar-refractivity contribution is -0.360. The third-order valence-electron chi connectivity index (χ3n) is 11.0. The molecule has 6 rings (SSSR count). The number of carbonyl (C=O) groups excluding carboxylic acids is 8. The number of anilines is 1. The van der Waals surface area contributed by atoms with E-state index in [1.165, 1.54) is 38.5 Å². The second-order valence-corrected chi connectivity index (χ2v) is 18.4. The van der Waals surface area contributed by atoms with E-state index in [0.29, 0.717) is 33.7 Å². The minimum absolute atomic E-state index is 0.00435. The molecule has 27 heteroatoms. The molecule has 0 bridgehead atoms. The van der Waals surface area contributed by atoms with E-state index in [1.54, 1.807) is 38.1 Å². The molecular weight excluding hydrogens is 1050 g/mol. The number of allylic oxidation sites excluding steroid dienone is 2. The Hall–Kier alpha value is -7.75. The van der Waals surface area contributed by atoms with E-state index < -0.39 is 108 Å². The quantitative estimate of drug-likeness (QED) is 0.0253. The second-order valence-electron chi connectivity index (χ2n) is 16.5. The molecule has 1 aromatic carbocycles. The Kier molecular flexibility index (Phi) is 20.2. The van der Waals surface area contributed by atoms with Gasteiger partial charge in [-0.1, -0.05) is 18.2 Å². The SMILES string of the molecule is CC(=O)OCOC(=O)CN(CCOCCOc1cc(C2=C3C(c4cccs4)=CC(C)=[N+]3[B-](F)(F)n3c(C)cc(-c4cccs4)c32)ccc1N(CC(=O)OCOC(C)=O)CC(=O)OCOC(C)=O)CC(=O)OCOC(C)=O. The van der Waals surface area contributed by atoms with Crippen molar-refractivity contribution < 1.29 is 98.8 Å². The number of esters is 8. The summed E-state index contributed by atoms with van der Waals surface area (Å²) in [5.74, 6) is -6.51. The second kappa shape index (κ2) is 26.6. The highest BCUT2D eigenvalue weighted by atomic mass is 32.1. The van der Waals surface area contributed by atoms with Gasteiger partial charge in [0.25, 0.3) is 0 Å². The molecule has 5 heterocycles. The predicted molar refractivity (Wildman–Crippen MR) is 267 cm³/mol. The van der Waals surface area contributed by atoms with Crippen LogP contribution in [0, 0.1) is 6.92 Å². The Bertz CT molecular complexity index is 2850. The molecule has 406 valence electrons. The van der Waals surface area contributed by atoms with Crippen molar-refractivity contribution in [2.75, 3.05) is 84.6 Å². The van der Waals surface area contributed by atoms with Crippen molar-refractivity contribution in [3.05, 3.63) is 92.9 Å². The summed E-state index contributed by atoms with van der Waals surface area (Å²) in [5, 5.41) is 3.69. The Morgan fingerprint density at radius 2 is 1.14 bits per heavy atom. The van der Waals surface area contributed by atoms with Gasteiger partial charge in [-0.2, -0.15) is 0 Å². The molecule has 0 spiro atoms. The summed E-state index contributed by atoms with van der Waals surface area (Å²) >= 11 is 2.75. The molecule has 0 unspecified atom stereocenters. The van der Waals surface area contributed by atoms with Crippen LogP contribution in [-0.2, 0) is 81.0 Å². The molecule has 3 aromatic heterocycles. The fourth-order valence-corrected chi connectivity index (χ4v) is 9.41. The largest absolute Gasteiger partial charge is 0.737 e. The average Bonchev–Trinajstić information content (AvgIpc) is 4.33. The van der Waals surface area contributed by atoms with Crippen LogP contribution in [0.25, 0.3) is 21.6 Å². The maximum Gasteiger partial charge on any atom is 0.737 e. The molecule has 22 nitrogen and oxygen atoms in total. The lowest BCUT2D eigenvalue weighted by Crippen LogP contribution is -2.51. The third-order valence-corrected chi connectivity index (χ3v) is 12.8. The van der Waals surface area contributed by atoms with Crippen LogP contribution in [0.2, 0.25) is 0 Å². The van der Waals surface area contributed by atoms with E-state index in [2.05, 4.69) is 9.47 Å². The number of thiophene rings is 2. The highest BCUT2D eigenvalue weighted by Crippen LogP contribution is 2.50. The summed E-state index contributed by atoms with van der Waals surface area (Å²) in [6, 6.07) is 13.8. The average molecular weight is 1100 g/mol. The van der Waals surface area contributed by atoms with Gasteiger partial charge >= 0.3 is 54.7 Å². The monoisotopic (exact) mass is 1100 g/mol. The van der Waals surface area contributed by atoms with E-state index in [-0.39, 0.29) is 49.2 Å². The fraction of sp³-hybridized carbons (Fsp3) is 0.367. The lowest BCUT2D eigenvalue weighted by atomic mass is 9.83. The molecule has 0 radical (unpaired) electrons. The van der Waals surface area contributed by atoms with Crippen LogP contribution in [0.5, 0.6) is 5.75 Å². The van der Waals surface area contributed by atoms with Crippen molar-refractivity contribution in [2.45, 2.75) is 41.5 Å². The van der Waals surface area contributed by atoms with Crippen LogP contribution in [0.1, 0.15) is 56.4 Å². The number of fused-ring (bicyclic) bond motifs is 2. The Morgan fingerprint density at radius 3 is 1.64 bits per heavy atom. The number of aromatic nitrogens is 1. The maximum absolute atomic E-state index is 17.4. The van der Waals surface area contributed by atoms with Crippen molar-refractivity contribution in [3.63, 3.8) is 0 Å². The summed E-state index contributed by atoms with van der Waals surface area (Å²) in [4.78, 5) is 101. The van der Waals surface area contributed by atoms with Crippen molar-refractivity contribution in [2.24, 2.45) is 0 Å². The molecule has 2 aliphatic rings. The minimum atomic E-state index is -4.48. The van der Waals surface area contributed by atoms with Gasteiger partial charge in [-0.25, -0.2) is 0 Å². The van der Waals surface area contributed by atoms with Crippen LogP contribution in [0.15, 0.2) is 71.1 Å². The zero-order valence-corrected chi connectivity index (χ0v) is 43.8. The van der Waals surface area contributed by atoms with E-state index in [4.69, 9.17) is 37.9 Å². The fourth-order valence-electron chi connectivity index (χ4n) is 7.92. The smallest absolute Gasteiger partial charge is 0.489 e. The number of rotatable bonds is 27. The topological polar surface area (TPSA) is 243 Å². The van der Waals surface area contributed by atoms with Crippen LogP contribution in [-0.4, -0.2) is 154 Å². The number of aryl methyl sites for hydroxylation is 1. The highest BCUT2D eigenvalue weighted by Gasteiger charge is 2.56. The predicted octanol–water partition coefficient (Wildman–Crippen LogP) is 4.91. The van der Waals surface area contributed by atoms with E-state index in [0.717, 1.165) is 46.4 Å². The first-order chi connectivity index (χ1) is 36.2. The van der Waals surface area contributed by atoms with Crippen molar-refractivity contribution >= 4 is 99.9 Å². The van der Waals surface area contributed by atoms with Gasteiger partial charge in [-0.15, -0.1) is 22.7 Å². The first-order valence-electron chi connectivity index (χ1n) is 23.1.